The maximum Gasteiger partial charge on any atom is 0.309 e. The largest absolute Gasteiger partial charge is 0.481 e. The van der Waals surface area contributed by atoms with E-state index in [1.165, 1.54) is 0 Å². The molecule has 4 atom stereocenters. The van der Waals surface area contributed by atoms with Gasteiger partial charge in [-0.15, -0.1) is 0 Å². The van der Waals surface area contributed by atoms with Crippen LogP contribution in [0.5, 0.6) is 0 Å². The molecule has 0 radical (unpaired) electrons. The maximum absolute atomic E-state index is 11.7. The van der Waals surface area contributed by atoms with Crippen LogP contribution >= 0.6 is 0 Å². The van der Waals surface area contributed by atoms with Gasteiger partial charge < -0.3 is 29.3 Å². The quantitative estimate of drug-likeness (QED) is 0.121. The second-order valence-electron chi connectivity index (χ2n) is 13.1. The van der Waals surface area contributed by atoms with Gasteiger partial charge in [-0.3, -0.25) is 19.2 Å². The van der Waals surface area contributed by atoms with Crippen LogP contribution in [0.3, 0.4) is 0 Å². The molecule has 0 saturated heterocycles. The molecule has 0 spiro atoms. The Bertz CT molecular complexity index is 708. The number of carboxylic acid groups (broad SMARTS) is 2. The van der Waals surface area contributed by atoms with E-state index in [4.69, 9.17) is 29.3 Å². The summed E-state index contributed by atoms with van der Waals surface area (Å²) in [7, 11) is -3.22. The normalized spacial score (nSPS) is 21.4. The Morgan fingerprint density at radius 1 is 0.581 bits per heavy atom. The number of carbonyl (C=O) groups is 4. The van der Waals surface area contributed by atoms with Crippen LogP contribution < -0.4 is 0 Å². The molecule has 252 valence electrons. The first kappa shape index (κ1) is 46.4. The van der Waals surface area contributed by atoms with E-state index >= 15 is 0 Å². The molecule has 2 rings (SSSR count). The molecule has 0 bridgehead atoms. The Morgan fingerprint density at radius 2 is 0.814 bits per heavy atom. The minimum atomic E-state index is -1.61. The molecule has 2 aliphatic carbocycles. The van der Waals surface area contributed by atoms with Crippen LogP contribution in [0.2, 0.25) is 39.3 Å². The zero-order valence-electron chi connectivity index (χ0n) is 27.9. The number of rotatable bonds is 10. The van der Waals surface area contributed by atoms with Crippen LogP contribution in [0.25, 0.3) is 0 Å². The number of aliphatic carboxylic acids is 2. The van der Waals surface area contributed by atoms with Gasteiger partial charge in [-0.1, -0.05) is 52.4 Å². The van der Waals surface area contributed by atoms with Crippen molar-refractivity contribution < 1.29 is 70.2 Å². The van der Waals surface area contributed by atoms with Gasteiger partial charge >= 0.3 is 23.9 Å². The molecule has 0 aliphatic heterocycles. The number of carbonyl (C=O) groups excluding carboxylic acids is 2. The third-order valence-corrected chi connectivity index (χ3v) is 6.26. The standard InChI is InChI=1S/2C12H20O4.2C3H10OSi.Ti/c2*1-2-3-8-16-12(15)10-7-5-4-6-9(10)11(13)14;2*1-5(2,3)4;/h2*9-10H,2-8H2,1H3,(H,13,14);2*4H,1-3H3;. The molecule has 13 heteroatoms. The van der Waals surface area contributed by atoms with E-state index in [1.54, 1.807) is 0 Å². The fourth-order valence-corrected chi connectivity index (χ4v) is 4.27. The molecule has 0 amide bonds. The smallest absolute Gasteiger partial charge is 0.309 e. The third-order valence-electron chi connectivity index (χ3n) is 6.26. The zero-order chi connectivity index (χ0) is 32.9. The summed E-state index contributed by atoms with van der Waals surface area (Å²) in [5, 5.41) is 18.0. The van der Waals surface area contributed by atoms with Crippen molar-refractivity contribution in [3.05, 3.63) is 0 Å². The van der Waals surface area contributed by atoms with E-state index in [2.05, 4.69) is 0 Å². The fourth-order valence-electron chi connectivity index (χ4n) is 4.27. The summed E-state index contributed by atoms with van der Waals surface area (Å²) in [6.45, 7) is 16.2. The van der Waals surface area contributed by atoms with Crippen molar-refractivity contribution in [2.24, 2.45) is 23.7 Å². The van der Waals surface area contributed by atoms with Crippen LogP contribution in [0.15, 0.2) is 0 Å². The summed E-state index contributed by atoms with van der Waals surface area (Å²) < 4.78 is 10.2. The number of ether oxygens (including phenoxy) is 2. The van der Waals surface area contributed by atoms with Gasteiger partial charge in [-0.05, 0) is 77.8 Å². The Kier molecular flexibility index (Phi) is 27.1. The summed E-state index contributed by atoms with van der Waals surface area (Å²) >= 11 is 0. The Labute approximate surface area is 276 Å². The second kappa shape index (κ2) is 25.2. The van der Waals surface area contributed by atoms with Gasteiger partial charge in [0.2, 0.25) is 0 Å². The summed E-state index contributed by atoms with van der Waals surface area (Å²) in [6.07, 6.45) is 9.79. The summed E-state index contributed by atoms with van der Waals surface area (Å²) in [5.41, 5.74) is 0. The van der Waals surface area contributed by atoms with Crippen molar-refractivity contribution in [3.63, 3.8) is 0 Å². The van der Waals surface area contributed by atoms with Gasteiger partial charge in [-0.2, -0.15) is 0 Å². The number of carboxylic acids is 2. The van der Waals surface area contributed by atoms with Crippen molar-refractivity contribution in [1.82, 2.24) is 0 Å². The van der Waals surface area contributed by atoms with E-state index < -0.39 is 52.2 Å². The molecule has 0 aromatic heterocycles. The third kappa shape index (κ3) is 28.2. The van der Waals surface area contributed by atoms with Gasteiger partial charge in [-0.25, -0.2) is 0 Å². The van der Waals surface area contributed by atoms with Crippen LogP contribution in [-0.2, 0) is 50.4 Å². The second-order valence-corrected chi connectivity index (χ2v) is 21.7. The summed E-state index contributed by atoms with van der Waals surface area (Å²) in [4.78, 5) is 62.7. The fraction of sp³-hybridized carbons (Fsp3) is 0.867. The monoisotopic (exact) mass is 684 g/mol. The van der Waals surface area contributed by atoms with Crippen molar-refractivity contribution in [2.45, 2.75) is 130 Å². The summed E-state index contributed by atoms with van der Waals surface area (Å²) in [6, 6.07) is 0. The molecule has 2 fully saturated rings. The number of esters is 2. The van der Waals surface area contributed by atoms with Crippen molar-refractivity contribution >= 4 is 40.5 Å². The van der Waals surface area contributed by atoms with Gasteiger partial charge in [0.05, 0.1) is 36.9 Å². The Balaban J connectivity index is -0.000000558. The molecule has 2 saturated carbocycles. The molecule has 0 aromatic rings. The average molecular weight is 685 g/mol. The molecule has 2 aliphatic rings. The number of hydrogen-bond donors (Lipinski definition) is 4. The van der Waals surface area contributed by atoms with Gasteiger partial charge in [0.1, 0.15) is 0 Å². The Morgan fingerprint density at radius 3 is 1.02 bits per heavy atom. The van der Waals surface area contributed by atoms with Crippen LogP contribution in [-0.4, -0.2) is 73.5 Å². The molecular weight excluding hydrogens is 624 g/mol. The van der Waals surface area contributed by atoms with Gasteiger partial charge in [0.15, 0.2) is 16.6 Å². The molecule has 4 N–H and O–H groups in total. The number of hydrogen-bond acceptors (Lipinski definition) is 8. The Hall–Kier alpha value is -1.05. The first-order valence-corrected chi connectivity index (χ1v) is 22.5. The van der Waals surface area contributed by atoms with Crippen molar-refractivity contribution in [2.75, 3.05) is 13.2 Å². The molecular formula is C30H60O10Si2Ti. The SMILES string of the molecule is CCCCOC(=O)C1CCCCC1C(=O)O.CCCCOC(=O)C1CCCCC1C(=O)O.C[Si](C)(C)O.C[Si](C)(C)O.[Ti]. The molecule has 4 unspecified atom stereocenters. The predicted octanol–water partition coefficient (Wildman–Crippen LogP) is 6.07. The topological polar surface area (TPSA) is 168 Å². The summed E-state index contributed by atoms with van der Waals surface area (Å²) in [5.74, 6) is -4.30. The van der Waals surface area contributed by atoms with E-state index in [1.807, 2.05) is 53.1 Å². The zero-order valence-corrected chi connectivity index (χ0v) is 31.5. The van der Waals surface area contributed by atoms with E-state index in [0.717, 1.165) is 51.4 Å². The van der Waals surface area contributed by atoms with Gasteiger partial charge in [0.25, 0.3) is 0 Å². The first-order valence-electron chi connectivity index (χ1n) is 15.6. The predicted molar refractivity (Wildman–Crippen MR) is 169 cm³/mol. The van der Waals surface area contributed by atoms with Crippen molar-refractivity contribution in [1.29, 1.82) is 0 Å². The molecule has 0 aromatic carbocycles. The molecule has 10 nitrogen and oxygen atoms in total. The molecule has 43 heavy (non-hydrogen) atoms. The van der Waals surface area contributed by atoms with Crippen LogP contribution in [0, 0.1) is 23.7 Å². The van der Waals surface area contributed by atoms with Crippen LogP contribution in [0.4, 0.5) is 0 Å². The number of unbranched alkanes of at least 4 members (excludes halogenated alkanes) is 2. The maximum atomic E-state index is 11.7. The van der Waals surface area contributed by atoms with Crippen molar-refractivity contribution in [3.8, 4) is 0 Å². The molecule has 0 heterocycles. The average Bonchev–Trinajstić information content (AvgIpc) is 2.87. The van der Waals surface area contributed by atoms with E-state index in [-0.39, 0.29) is 33.7 Å². The minimum absolute atomic E-state index is 0. The van der Waals surface area contributed by atoms with E-state index in [9.17, 15) is 19.2 Å². The van der Waals surface area contributed by atoms with Crippen LogP contribution in [0.1, 0.15) is 90.9 Å². The first-order chi connectivity index (χ1) is 19.3. The van der Waals surface area contributed by atoms with Gasteiger partial charge in [0, 0.05) is 21.7 Å². The van der Waals surface area contributed by atoms with E-state index in [0.29, 0.717) is 38.9 Å². The minimum Gasteiger partial charge on any atom is -0.481 e.